The Bertz CT molecular complexity index is 574. The number of carbonyl (C=O) groups is 1. The zero-order valence-electron chi connectivity index (χ0n) is 10.2. The summed E-state index contributed by atoms with van der Waals surface area (Å²) in [4.78, 5) is 11.0. The van der Waals surface area contributed by atoms with E-state index in [-0.39, 0.29) is 11.8 Å². The molecule has 0 radical (unpaired) electrons. The Kier molecular flexibility index (Phi) is 3.42. The van der Waals surface area contributed by atoms with Gasteiger partial charge in [-0.1, -0.05) is 24.3 Å². The Morgan fingerprint density at radius 3 is 2.28 bits per heavy atom. The van der Waals surface area contributed by atoms with Crippen molar-refractivity contribution >= 4 is 5.97 Å². The van der Waals surface area contributed by atoms with Gasteiger partial charge < -0.3 is 4.74 Å². The molecular formula is C15H13FO2. The van der Waals surface area contributed by atoms with Crippen molar-refractivity contribution in [2.75, 3.05) is 0 Å². The lowest BCUT2D eigenvalue weighted by atomic mass is 10.0. The normalized spacial score (nSPS) is 10.2. The molecule has 18 heavy (non-hydrogen) atoms. The lowest BCUT2D eigenvalue weighted by molar-refractivity contribution is -0.131. The molecule has 0 saturated carbocycles. The van der Waals surface area contributed by atoms with E-state index in [0.717, 1.165) is 16.7 Å². The van der Waals surface area contributed by atoms with Crippen molar-refractivity contribution in [2.45, 2.75) is 13.8 Å². The average molecular weight is 244 g/mol. The molecule has 0 heterocycles. The molecule has 3 heteroatoms. The first-order valence-corrected chi connectivity index (χ1v) is 5.61. The first kappa shape index (κ1) is 12.3. The highest BCUT2D eigenvalue weighted by molar-refractivity contribution is 5.72. The van der Waals surface area contributed by atoms with Crippen LogP contribution in [-0.4, -0.2) is 5.97 Å². The van der Waals surface area contributed by atoms with Gasteiger partial charge in [0.15, 0.2) is 0 Å². The Morgan fingerprint density at radius 1 is 1.06 bits per heavy atom. The molecule has 0 bridgehead atoms. The van der Waals surface area contributed by atoms with E-state index < -0.39 is 0 Å². The molecule has 0 fully saturated rings. The summed E-state index contributed by atoms with van der Waals surface area (Å²) in [5, 5.41) is 0. The van der Waals surface area contributed by atoms with Crippen LogP contribution in [0, 0.1) is 12.7 Å². The first-order chi connectivity index (χ1) is 8.56. The van der Waals surface area contributed by atoms with Crippen LogP contribution in [-0.2, 0) is 4.79 Å². The second-order valence-corrected chi connectivity index (χ2v) is 4.08. The molecular weight excluding hydrogens is 231 g/mol. The van der Waals surface area contributed by atoms with E-state index in [9.17, 15) is 9.18 Å². The summed E-state index contributed by atoms with van der Waals surface area (Å²) in [7, 11) is 0. The van der Waals surface area contributed by atoms with Gasteiger partial charge in [-0.3, -0.25) is 4.79 Å². The molecule has 92 valence electrons. The molecule has 2 rings (SSSR count). The smallest absolute Gasteiger partial charge is 0.308 e. The van der Waals surface area contributed by atoms with E-state index in [2.05, 4.69) is 0 Å². The van der Waals surface area contributed by atoms with Crippen LogP contribution in [0.2, 0.25) is 0 Å². The predicted octanol–water partition coefficient (Wildman–Crippen LogP) is 3.73. The highest BCUT2D eigenvalue weighted by atomic mass is 19.1. The van der Waals surface area contributed by atoms with Crippen molar-refractivity contribution < 1.29 is 13.9 Å². The van der Waals surface area contributed by atoms with Crippen molar-refractivity contribution in [3.63, 3.8) is 0 Å². The lowest BCUT2D eigenvalue weighted by Gasteiger charge is -2.08. The zero-order chi connectivity index (χ0) is 13.1. The number of halogens is 1. The minimum atomic E-state index is -0.352. The van der Waals surface area contributed by atoms with Crippen LogP contribution >= 0.6 is 0 Å². The van der Waals surface area contributed by atoms with Gasteiger partial charge in [-0.25, -0.2) is 4.39 Å². The summed E-state index contributed by atoms with van der Waals surface area (Å²) in [6.45, 7) is 3.23. The van der Waals surface area contributed by atoms with Gasteiger partial charge in [0.05, 0.1) is 0 Å². The maximum Gasteiger partial charge on any atom is 0.308 e. The summed E-state index contributed by atoms with van der Waals surface area (Å²) in [5.74, 6) is -0.0928. The quantitative estimate of drug-likeness (QED) is 0.594. The molecule has 2 aromatic rings. The van der Waals surface area contributed by atoms with E-state index in [1.165, 1.54) is 19.1 Å². The molecule has 0 atom stereocenters. The summed E-state index contributed by atoms with van der Waals surface area (Å²) in [6.07, 6.45) is 0. The Morgan fingerprint density at radius 2 is 1.67 bits per heavy atom. The monoisotopic (exact) mass is 244 g/mol. The van der Waals surface area contributed by atoms with Gasteiger partial charge >= 0.3 is 5.97 Å². The van der Waals surface area contributed by atoms with Crippen LogP contribution in [0.4, 0.5) is 4.39 Å². The molecule has 0 unspecified atom stereocenters. The maximum absolute atomic E-state index is 12.8. The molecule has 0 aliphatic heterocycles. The van der Waals surface area contributed by atoms with Crippen LogP contribution in [0.1, 0.15) is 12.5 Å². The van der Waals surface area contributed by atoms with Crippen LogP contribution in [0.5, 0.6) is 5.75 Å². The largest absolute Gasteiger partial charge is 0.426 e. The first-order valence-electron chi connectivity index (χ1n) is 5.61. The van der Waals surface area contributed by atoms with Crippen LogP contribution in [0.15, 0.2) is 42.5 Å². The molecule has 0 aliphatic rings. The molecule has 0 aromatic heterocycles. The number of aryl methyl sites for hydroxylation is 1. The van der Waals surface area contributed by atoms with E-state index in [1.54, 1.807) is 18.2 Å². The van der Waals surface area contributed by atoms with E-state index in [1.807, 2.05) is 19.1 Å². The number of rotatable bonds is 2. The summed E-state index contributed by atoms with van der Waals surface area (Å²) in [6, 6.07) is 11.8. The molecule has 0 aliphatic carbocycles. The van der Waals surface area contributed by atoms with Gasteiger partial charge in [0.25, 0.3) is 0 Å². The Labute approximate surface area is 105 Å². The number of esters is 1. The van der Waals surface area contributed by atoms with Crippen molar-refractivity contribution in [3.8, 4) is 16.9 Å². The zero-order valence-corrected chi connectivity index (χ0v) is 10.2. The second kappa shape index (κ2) is 5.00. The van der Waals surface area contributed by atoms with Crippen LogP contribution in [0.3, 0.4) is 0 Å². The van der Waals surface area contributed by atoms with Gasteiger partial charge in [-0.15, -0.1) is 0 Å². The molecule has 2 aromatic carbocycles. The van der Waals surface area contributed by atoms with E-state index >= 15 is 0 Å². The van der Waals surface area contributed by atoms with Gasteiger partial charge in [0.1, 0.15) is 11.6 Å². The molecule has 0 saturated heterocycles. The summed E-state index contributed by atoms with van der Waals surface area (Å²) in [5.41, 5.74) is 2.65. The van der Waals surface area contributed by atoms with Crippen molar-refractivity contribution in [2.24, 2.45) is 0 Å². The fourth-order valence-electron chi connectivity index (χ4n) is 1.69. The second-order valence-electron chi connectivity index (χ2n) is 4.08. The standard InChI is InChI=1S/C15H13FO2/c1-10-3-4-13(9-15(10)18-11(2)17)12-5-7-14(16)8-6-12/h3-9H,1-2H3. The van der Waals surface area contributed by atoms with E-state index in [4.69, 9.17) is 4.74 Å². The van der Waals surface area contributed by atoms with Crippen LogP contribution < -0.4 is 4.74 Å². The van der Waals surface area contributed by atoms with Gasteiger partial charge in [-0.05, 0) is 41.8 Å². The fourth-order valence-corrected chi connectivity index (χ4v) is 1.69. The third-order valence-electron chi connectivity index (χ3n) is 2.62. The maximum atomic E-state index is 12.8. The molecule has 0 spiro atoms. The average Bonchev–Trinajstić information content (AvgIpc) is 2.32. The van der Waals surface area contributed by atoms with Crippen LogP contribution in [0.25, 0.3) is 11.1 Å². The van der Waals surface area contributed by atoms with Gasteiger partial charge in [0, 0.05) is 6.92 Å². The van der Waals surface area contributed by atoms with Crippen molar-refractivity contribution in [1.29, 1.82) is 0 Å². The number of ether oxygens (including phenoxy) is 1. The summed E-state index contributed by atoms with van der Waals surface area (Å²) < 4.78 is 18.0. The minimum absolute atomic E-state index is 0.272. The number of carbonyl (C=O) groups excluding carboxylic acids is 1. The molecule has 0 amide bonds. The lowest BCUT2D eigenvalue weighted by Crippen LogP contribution is -2.02. The Hall–Kier alpha value is -2.16. The predicted molar refractivity (Wildman–Crippen MR) is 67.9 cm³/mol. The highest BCUT2D eigenvalue weighted by Gasteiger charge is 2.06. The van der Waals surface area contributed by atoms with Crippen molar-refractivity contribution in [1.82, 2.24) is 0 Å². The van der Waals surface area contributed by atoms with E-state index in [0.29, 0.717) is 5.75 Å². The molecule has 2 nitrogen and oxygen atoms in total. The third-order valence-corrected chi connectivity index (χ3v) is 2.62. The fraction of sp³-hybridized carbons (Fsp3) is 0.133. The Balaban J connectivity index is 2.40. The van der Waals surface area contributed by atoms with Gasteiger partial charge in [0.2, 0.25) is 0 Å². The topological polar surface area (TPSA) is 26.3 Å². The van der Waals surface area contributed by atoms with Gasteiger partial charge in [-0.2, -0.15) is 0 Å². The highest BCUT2D eigenvalue weighted by Crippen LogP contribution is 2.27. The SMILES string of the molecule is CC(=O)Oc1cc(-c2ccc(F)cc2)ccc1C. The summed E-state index contributed by atoms with van der Waals surface area (Å²) >= 11 is 0. The minimum Gasteiger partial charge on any atom is -0.426 e. The number of benzene rings is 2. The number of hydrogen-bond acceptors (Lipinski definition) is 2. The molecule has 0 N–H and O–H groups in total. The van der Waals surface area contributed by atoms with Crippen molar-refractivity contribution in [3.05, 3.63) is 53.8 Å². The number of hydrogen-bond donors (Lipinski definition) is 0. The third kappa shape index (κ3) is 2.74.